The molecule has 1 aliphatic carbocycles. The molecule has 1 saturated carbocycles. The molecule has 20 heavy (non-hydrogen) atoms. The average Bonchev–Trinajstić information content (AvgIpc) is 2.88. The van der Waals surface area contributed by atoms with Gasteiger partial charge in [0.1, 0.15) is 12.2 Å². The van der Waals surface area contributed by atoms with Gasteiger partial charge in [-0.1, -0.05) is 39.0 Å². The Balaban J connectivity index is 1.82. The van der Waals surface area contributed by atoms with Crippen molar-refractivity contribution in [3.8, 4) is 0 Å². The van der Waals surface area contributed by atoms with Crippen LogP contribution in [0.5, 0.6) is 0 Å². The van der Waals surface area contributed by atoms with E-state index in [1.54, 1.807) is 6.33 Å². The number of hydrogen-bond donors (Lipinski definition) is 1. The molecule has 0 aromatic carbocycles. The van der Waals surface area contributed by atoms with Crippen molar-refractivity contribution in [3.05, 3.63) is 12.2 Å². The first-order chi connectivity index (χ1) is 9.74. The lowest BCUT2D eigenvalue weighted by atomic mass is 9.76. The van der Waals surface area contributed by atoms with E-state index < -0.39 is 0 Å². The molecule has 0 radical (unpaired) electrons. The lowest BCUT2D eigenvalue weighted by Gasteiger charge is -2.33. The number of rotatable bonds is 7. The van der Waals surface area contributed by atoms with Crippen molar-refractivity contribution in [1.29, 1.82) is 0 Å². The third kappa shape index (κ3) is 4.05. The molecule has 1 fully saturated rings. The fraction of sp³-hybridized carbons (Fsp3) is 0.875. The summed E-state index contributed by atoms with van der Waals surface area (Å²) in [4.78, 5) is 4.37. The summed E-state index contributed by atoms with van der Waals surface area (Å²) < 4.78 is 1.90. The minimum absolute atomic E-state index is 0.546. The van der Waals surface area contributed by atoms with Gasteiger partial charge < -0.3 is 5.32 Å². The van der Waals surface area contributed by atoms with E-state index >= 15 is 0 Å². The van der Waals surface area contributed by atoms with Gasteiger partial charge in [0.2, 0.25) is 0 Å². The van der Waals surface area contributed by atoms with Crippen molar-refractivity contribution in [2.75, 3.05) is 7.05 Å². The van der Waals surface area contributed by atoms with Crippen LogP contribution in [-0.2, 0) is 13.5 Å². The molecule has 0 bridgehead atoms. The van der Waals surface area contributed by atoms with Crippen molar-refractivity contribution in [2.24, 2.45) is 18.9 Å². The Morgan fingerprint density at radius 2 is 2.10 bits per heavy atom. The third-order valence-corrected chi connectivity index (χ3v) is 5.00. The highest BCUT2D eigenvalue weighted by molar-refractivity contribution is 4.92. The minimum Gasteiger partial charge on any atom is -0.316 e. The van der Waals surface area contributed by atoms with E-state index in [2.05, 4.69) is 29.4 Å². The van der Waals surface area contributed by atoms with E-state index in [-0.39, 0.29) is 0 Å². The van der Waals surface area contributed by atoms with Crippen LogP contribution in [-0.4, -0.2) is 27.9 Å². The molecular weight excluding hydrogens is 248 g/mol. The smallest absolute Gasteiger partial charge is 0.138 e. The molecule has 0 aliphatic heterocycles. The van der Waals surface area contributed by atoms with Crippen molar-refractivity contribution >= 4 is 0 Å². The predicted molar refractivity (Wildman–Crippen MR) is 82.5 cm³/mol. The van der Waals surface area contributed by atoms with Crippen LogP contribution in [0.3, 0.4) is 0 Å². The zero-order valence-corrected chi connectivity index (χ0v) is 13.3. The summed E-state index contributed by atoms with van der Waals surface area (Å²) in [7, 11) is 4.07. The number of hydrogen-bond acceptors (Lipinski definition) is 3. The van der Waals surface area contributed by atoms with Crippen LogP contribution in [0.1, 0.15) is 57.7 Å². The molecule has 1 heterocycles. The van der Waals surface area contributed by atoms with Crippen LogP contribution in [0.2, 0.25) is 0 Å². The minimum atomic E-state index is 0.546. The third-order valence-electron chi connectivity index (χ3n) is 5.00. The Hall–Kier alpha value is -0.900. The maximum atomic E-state index is 4.37. The maximum absolute atomic E-state index is 4.37. The van der Waals surface area contributed by atoms with Gasteiger partial charge in [0, 0.05) is 19.5 Å². The van der Waals surface area contributed by atoms with E-state index in [9.17, 15) is 0 Å². The summed E-state index contributed by atoms with van der Waals surface area (Å²) in [5.74, 6) is 2.88. The Morgan fingerprint density at radius 3 is 2.65 bits per heavy atom. The highest BCUT2D eigenvalue weighted by Crippen LogP contribution is 2.34. The van der Waals surface area contributed by atoms with Gasteiger partial charge >= 0.3 is 0 Å². The highest BCUT2D eigenvalue weighted by Gasteiger charge is 2.27. The number of nitrogens with one attached hydrogen (secondary N) is 1. The molecule has 1 aromatic rings. The largest absolute Gasteiger partial charge is 0.316 e. The molecule has 0 amide bonds. The van der Waals surface area contributed by atoms with Crippen LogP contribution in [0.4, 0.5) is 0 Å². The zero-order chi connectivity index (χ0) is 14.4. The molecule has 1 aliphatic rings. The molecule has 0 saturated heterocycles. The molecule has 2 rings (SSSR count). The molecule has 0 spiro atoms. The summed E-state index contributed by atoms with van der Waals surface area (Å²) in [6, 6.07) is 0.546. The van der Waals surface area contributed by atoms with Gasteiger partial charge in [0.25, 0.3) is 0 Å². The van der Waals surface area contributed by atoms with Gasteiger partial charge in [-0.2, -0.15) is 5.10 Å². The van der Waals surface area contributed by atoms with Crippen molar-refractivity contribution in [2.45, 2.75) is 64.3 Å². The van der Waals surface area contributed by atoms with Gasteiger partial charge in [-0.15, -0.1) is 0 Å². The fourth-order valence-electron chi connectivity index (χ4n) is 3.58. The molecule has 1 aromatic heterocycles. The Kier molecular flexibility index (Phi) is 6.02. The van der Waals surface area contributed by atoms with E-state index in [4.69, 9.17) is 0 Å². The van der Waals surface area contributed by atoms with Gasteiger partial charge in [-0.05, 0) is 31.7 Å². The van der Waals surface area contributed by atoms with Crippen LogP contribution in [0.25, 0.3) is 0 Å². The predicted octanol–water partition coefficient (Wildman–Crippen LogP) is 2.94. The fourth-order valence-corrected chi connectivity index (χ4v) is 3.58. The van der Waals surface area contributed by atoms with Gasteiger partial charge in [-0.3, -0.25) is 4.68 Å². The lowest BCUT2D eigenvalue weighted by molar-refractivity contribution is 0.214. The van der Waals surface area contributed by atoms with Crippen molar-refractivity contribution < 1.29 is 0 Å². The topological polar surface area (TPSA) is 42.7 Å². The van der Waals surface area contributed by atoms with E-state index in [1.165, 1.54) is 44.9 Å². The first-order valence-corrected chi connectivity index (χ1v) is 8.24. The van der Waals surface area contributed by atoms with Crippen molar-refractivity contribution in [3.63, 3.8) is 0 Å². The number of aryl methyl sites for hydroxylation is 1. The van der Waals surface area contributed by atoms with Gasteiger partial charge in [-0.25, -0.2) is 4.98 Å². The lowest BCUT2D eigenvalue weighted by Crippen LogP contribution is -2.38. The van der Waals surface area contributed by atoms with Gasteiger partial charge in [0.05, 0.1) is 0 Å². The summed E-state index contributed by atoms with van der Waals surface area (Å²) in [6.45, 7) is 2.30. The maximum Gasteiger partial charge on any atom is 0.138 e. The van der Waals surface area contributed by atoms with Crippen LogP contribution >= 0.6 is 0 Å². The molecule has 1 N–H and O–H groups in total. The molecule has 1 unspecified atom stereocenters. The number of nitrogens with zero attached hydrogens (tertiary/aromatic N) is 3. The van der Waals surface area contributed by atoms with Crippen LogP contribution in [0, 0.1) is 11.8 Å². The van der Waals surface area contributed by atoms with E-state index in [0.717, 1.165) is 24.1 Å². The SMILES string of the molecule is CCCCC1CCC(C(Cc2ncnn2C)NC)CC1. The molecular formula is C16H30N4. The summed E-state index contributed by atoms with van der Waals surface area (Å²) in [5.41, 5.74) is 0. The molecule has 114 valence electrons. The number of unbranched alkanes of at least 4 members (excludes halogenated alkanes) is 1. The quantitative estimate of drug-likeness (QED) is 0.834. The molecule has 4 nitrogen and oxygen atoms in total. The summed E-state index contributed by atoms with van der Waals surface area (Å²) in [5, 5.41) is 7.69. The molecule has 4 heteroatoms. The van der Waals surface area contributed by atoms with E-state index in [1.807, 2.05) is 11.7 Å². The first-order valence-electron chi connectivity index (χ1n) is 8.24. The van der Waals surface area contributed by atoms with Gasteiger partial charge in [0.15, 0.2) is 0 Å². The standard InChI is InChI=1S/C16H30N4/c1-4-5-6-13-7-9-14(10-8-13)15(17-2)11-16-18-12-19-20(16)3/h12-15,17H,4-11H2,1-3H3. The normalized spacial score (nSPS) is 24.8. The van der Waals surface area contributed by atoms with Crippen LogP contribution in [0.15, 0.2) is 6.33 Å². The Labute approximate surface area is 123 Å². The summed E-state index contributed by atoms with van der Waals surface area (Å²) in [6.07, 6.45) is 12.4. The second-order valence-electron chi connectivity index (χ2n) is 6.32. The number of aromatic nitrogens is 3. The van der Waals surface area contributed by atoms with Crippen molar-refractivity contribution in [1.82, 2.24) is 20.1 Å². The van der Waals surface area contributed by atoms with Crippen LogP contribution < -0.4 is 5.32 Å². The Bertz CT molecular complexity index is 380. The Morgan fingerprint density at radius 1 is 1.35 bits per heavy atom. The second-order valence-corrected chi connectivity index (χ2v) is 6.32. The van der Waals surface area contributed by atoms with E-state index in [0.29, 0.717) is 6.04 Å². The monoisotopic (exact) mass is 278 g/mol. The average molecular weight is 278 g/mol. The first kappa shape index (κ1) is 15.5. The second kappa shape index (κ2) is 7.77. The highest BCUT2D eigenvalue weighted by atomic mass is 15.3. The summed E-state index contributed by atoms with van der Waals surface area (Å²) >= 11 is 0. The molecule has 1 atom stereocenters. The number of likely N-dealkylation sites (N-methyl/N-ethyl adjacent to an activating group) is 1. The zero-order valence-electron chi connectivity index (χ0n) is 13.3.